The van der Waals surface area contributed by atoms with Gasteiger partial charge in [0, 0.05) is 11.9 Å². The van der Waals surface area contributed by atoms with Gasteiger partial charge in [0.25, 0.3) is 0 Å². The topological polar surface area (TPSA) is 62.3 Å². The molecule has 1 aromatic heterocycles. The van der Waals surface area contributed by atoms with E-state index in [-0.39, 0.29) is 18.2 Å². The molecule has 2 amide bonds. The third kappa shape index (κ3) is 5.41. The number of amides is 2. The fraction of sp³-hybridized carbons (Fsp3) is 0.192. The highest BCUT2D eigenvalue weighted by Crippen LogP contribution is 2.35. The van der Waals surface area contributed by atoms with Crippen LogP contribution in [0.15, 0.2) is 72.8 Å². The Hall–Kier alpha value is -3.22. The normalized spacial score (nSPS) is 11.8. The molecule has 0 saturated heterocycles. The standard InChI is InChI=1S/C26H24ClN3O2S/c1-3-18-8-14-21(15-9-18)30(26-29-22-6-4-5-7-24(22)33-26)25(32)16-23(28-17(2)31)19-10-12-20(27)13-11-19/h4-15,23H,3,16H2,1-2H3,(H,28,31). The zero-order valence-corrected chi connectivity index (χ0v) is 20.0. The molecular formula is C26H24ClN3O2S. The summed E-state index contributed by atoms with van der Waals surface area (Å²) in [5.74, 6) is -0.367. The lowest BCUT2D eigenvalue weighted by molar-refractivity contribution is -0.121. The lowest BCUT2D eigenvalue weighted by Crippen LogP contribution is -2.33. The molecule has 1 heterocycles. The molecule has 0 aliphatic heterocycles. The Morgan fingerprint density at radius 3 is 2.36 bits per heavy atom. The highest BCUT2D eigenvalue weighted by Gasteiger charge is 2.26. The molecular weight excluding hydrogens is 454 g/mol. The SMILES string of the molecule is CCc1ccc(N(C(=O)CC(NC(C)=O)c2ccc(Cl)cc2)c2nc3ccccc3s2)cc1. The van der Waals surface area contributed by atoms with Gasteiger partial charge in [-0.15, -0.1) is 0 Å². The molecule has 1 N–H and O–H groups in total. The first-order valence-electron chi connectivity index (χ1n) is 10.7. The minimum atomic E-state index is -0.487. The van der Waals surface area contributed by atoms with Gasteiger partial charge in [0.1, 0.15) is 0 Å². The molecule has 5 nitrogen and oxygen atoms in total. The summed E-state index contributed by atoms with van der Waals surface area (Å²) in [5.41, 5.74) is 3.59. The number of hydrogen-bond donors (Lipinski definition) is 1. The van der Waals surface area contributed by atoms with Crippen molar-refractivity contribution in [1.82, 2.24) is 10.3 Å². The smallest absolute Gasteiger partial charge is 0.235 e. The third-order valence-corrected chi connectivity index (χ3v) is 6.63. The summed E-state index contributed by atoms with van der Waals surface area (Å²) in [6.45, 7) is 3.54. The molecule has 0 fully saturated rings. The summed E-state index contributed by atoms with van der Waals surface area (Å²) in [6, 6.07) is 22.4. The van der Waals surface area contributed by atoms with Gasteiger partial charge >= 0.3 is 0 Å². The molecule has 0 saturated carbocycles. The maximum absolute atomic E-state index is 13.7. The van der Waals surface area contributed by atoms with Crippen LogP contribution in [0, 0.1) is 0 Å². The molecule has 0 radical (unpaired) electrons. The van der Waals surface area contributed by atoms with Gasteiger partial charge in [0.2, 0.25) is 11.8 Å². The number of thiazole rings is 1. The van der Waals surface area contributed by atoms with Gasteiger partial charge < -0.3 is 5.32 Å². The van der Waals surface area contributed by atoms with E-state index in [1.54, 1.807) is 17.0 Å². The number of carbonyl (C=O) groups is 2. The summed E-state index contributed by atoms with van der Waals surface area (Å²) >= 11 is 7.50. The van der Waals surface area contributed by atoms with Crippen LogP contribution in [0.3, 0.4) is 0 Å². The number of benzene rings is 3. The molecule has 4 aromatic rings. The molecule has 0 aliphatic rings. The molecule has 4 rings (SSSR count). The number of aryl methyl sites for hydroxylation is 1. The van der Waals surface area contributed by atoms with Crippen molar-refractivity contribution in [3.05, 3.63) is 88.9 Å². The van der Waals surface area contributed by atoms with Gasteiger partial charge in [0.15, 0.2) is 5.13 Å². The first-order chi connectivity index (χ1) is 15.9. The first-order valence-corrected chi connectivity index (χ1v) is 11.9. The fourth-order valence-electron chi connectivity index (χ4n) is 3.66. The number of nitrogens with zero attached hydrogens (tertiary/aromatic N) is 2. The zero-order chi connectivity index (χ0) is 23.4. The summed E-state index contributed by atoms with van der Waals surface area (Å²) in [5, 5.41) is 4.10. The Balaban J connectivity index is 1.72. The Morgan fingerprint density at radius 2 is 1.73 bits per heavy atom. The zero-order valence-electron chi connectivity index (χ0n) is 18.4. The predicted molar refractivity (Wildman–Crippen MR) is 135 cm³/mol. The summed E-state index contributed by atoms with van der Waals surface area (Å²) in [6.07, 6.45) is 0.989. The number of carbonyl (C=O) groups excluding carboxylic acids is 2. The Morgan fingerprint density at radius 1 is 1.03 bits per heavy atom. The van der Waals surface area contributed by atoms with E-state index in [9.17, 15) is 9.59 Å². The van der Waals surface area contributed by atoms with E-state index in [2.05, 4.69) is 12.2 Å². The number of anilines is 2. The minimum absolute atomic E-state index is 0.0761. The lowest BCUT2D eigenvalue weighted by Gasteiger charge is -2.24. The molecule has 3 aromatic carbocycles. The quantitative estimate of drug-likeness (QED) is 0.333. The van der Waals surface area contributed by atoms with E-state index >= 15 is 0 Å². The summed E-state index contributed by atoms with van der Waals surface area (Å²) in [4.78, 5) is 32.0. The monoisotopic (exact) mass is 477 g/mol. The van der Waals surface area contributed by atoms with Crippen molar-refractivity contribution in [2.24, 2.45) is 0 Å². The number of halogens is 1. The van der Waals surface area contributed by atoms with Gasteiger partial charge in [-0.25, -0.2) is 4.98 Å². The molecule has 1 unspecified atom stereocenters. The number of rotatable bonds is 7. The first kappa shape index (κ1) is 23.0. The fourth-order valence-corrected chi connectivity index (χ4v) is 4.79. The molecule has 0 spiro atoms. The van der Waals surface area contributed by atoms with E-state index in [1.807, 2.05) is 60.7 Å². The molecule has 168 valence electrons. The van der Waals surface area contributed by atoms with Crippen molar-refractivity contribution < 1.29 is 9.59 Å². The second kappa shape index (κ2) is 10.1. The van der Waals surface area contributed by atoms with Gasteiger partial charge in [0.05, 0.1) is 28.4 Å². The highest BCUT2D eigenvalue weighted by molar-refractivity contribution is 7.22. The van der Waals surface area contributed by atoms with Crippen LogP contribution < -0.4 is 10.2 Å². The number of nitrogens with one attached hydrogen (secondary N) is 1. The average molecular weight is 478 g/mol. The van der Waals surface area contributed by atoms with Gasteiger partial charge in [-0.3, -0.25) is 14.5 Å². The van der Waals surface area contributed by atoms with Crippen LogP contribution in [0.4, 0.5) is 10.8 Å². The van der Waals surface area contributed by atoms with Crippen LogP contribution in [0.5, 0.6) is 0 Å². The van der Waals surface area contributed by atoms with E-state index in [0.29, 0.717) is 10.2 Å². The maximum atomic E-state index is 13.7. The second-order valence-corrected chi connectivity index (χ2v) is 9.17. The Bertz CT molecular complexity index is 1240. The molecule has 0 aliphatic carbocycles. The molecule has 33 heavy (non-hydrogen) atoms. The van der Waals surface area contributed by atoms with Crippen LogP contribution in [0.25, 0.3) is 10.2 Å². The summed E-state index contributed by atoms with van der Waals surface area (Å²) < 4.78 is 1.01. The van der Waals surface area contributed by atoms with Gasteiger partial charge in [-0.1, -0.05) is 66.3 Å². The average Bonchev–Trinajstić information content (AvgIpc) is 3.23. The van der Waals surface area contributed by atoms with Crippen LogP contribution in [-0.4, -0.2) is 16.8 Å². The van der Waals surface area contributed by atoms with Crippen LogP contribution in [-0.2, 0) is 16.0 Å². The molecule has 7 heteroatoms. The van der Waals surface area contributed by atoms with E-state index < -0.39 is 6.04 Å². The maximum Gasteiger partial charge on any atom is 0.235 e. The van der Waals surface area contributed by atoms with Gasteiger partial charge in [-0.2, -0.15) is 0 Å². The highest BCUT2D eigenvalue weighted by atomic mass is 35.5. The van der Waals surface area contributed by atoms with Crippen molar-refractivity contribution in [1.29, 1.82) is 0 Å². The third-order valence-electron chi connectivity index (χ3n) is 5.35. The Labute approximate surface area is 202 Å². The summed E-state index contributed by atoms with van der Waals surface area (Å²) in [7, 11) is 0. The van der Waals surface area contributed by atoms with Crippen LogP contribution >= 0.6 is 22.9 Å². The van der Waals surface area contributed by atoms with Crippen LogP contribution in [0.1, 0.15) is 37.4 Å². The molecule has 1 atom stereocenters. The van der Waals surface area contributed by atoms with E-state index in [0.717, 1.165) is 27.9 Å². The van der Waals surface area contributed by atoms with E-state index in [1.165, 1.54) is 23.8 Å². The number of hydrogen-bond acceptors (Lipinski definition) is 4. The molecule has 0 bridgehead atoms. The number of aromatic nitrogens is 1. The van der Waals surface area contributed by atoms with Crippen molar-refractivity contribution in [2.75, 3.05) is 4.90 Å². The Kier molecular flexibility index (Phi) is 7.06. The largest absolute Gasteiger partial charge is 0.349 e. The lowest BCUT2D eigenvalue weighted by atomic mass is 10.0. The van der Waals surface area contributed by atoms with Crippen molar-refractivity contribution in [3.8, 4) is 0 Å². The van der Waals surface area contributed by atoms with Crippen LogP contribution in [0.2, 0.25) is 5.02 Å². The van der Waals surface area contributed by atoms with Crippen molar-refractivity contribution >= 4 is 55.8 Å². The number of para-hydroxylation sites is 1. The number of fused-ring (bicyclic) bond motifs is 1. The second-order valence-electron chi connectivity index (χ2n) is 7.72. The van der Waals surface area contributed by atoms with Crippen molar-refractivity contribution in [3.63, 3.8) is 0 Å². The van der Waals surface area contributed by atoms with Crippen molar-refractivity contribution in [2.45, 2.75) is 32.7 Å². The van der Waals surface area contributed by atoms with Gasteiger partial charge in [-0.05, 0) is 53.9 Å². The predicted octanol–water partition coefficient (Wildman–Crippen LogP) is 6.44. The van der Waals surface area contributed by atoms with E-state index in [4.69, 9.17) is 16.6 Å². The minimum Gasteiger partial charge on any atom is -0.349 e.